The van der Waals surface area contributed by atoms with Gasteiger partial charge in [0.15, 0.2) is 0 Å². The SMILES string of the molecule is CC(=O)NC1(C(=O)N2CC=C(c3ccc(NC(=O)N4Cc5cc(F)cnc5C4)cc3)CC2)CCC1. The number of carbonyl (C=O) groups is 3. The minimum Gasteiger partial charge on any atom is -0.342 e. The third-order valence-corrected chi connectivity index (χ3v) is 7.05. The van der Waals surface area contributed by atoms with E-state index in [2.05, 4.69) is 21.7 Å². The fraction of sp³-hybridized carbons (Fsp3) is 0.385. The number of benzene rings is 1. The van der Waals surface area contributed by atoms with Crippen LogP contribution in [0.15, 0.2) is 42.6 Å². The average Bonchev–Trinajstić information content (AvgIpc) is 3.25. The highest BCUT2D eigenvalue weighted by Gasteiger charge is 2.47. The van der Waals surface area contributed by atoms with Gasteiger partial charge in [-0.25, -0.2) is 9.18 Å². The second kappa shape index (κ2) is 9.13. The minimum absolute atomic E-state index is 0.00862. The van der Waals surface area contributed by atoms with E-state index in [1.54, 1.807) is 4.90 Å². The molecule has 3 heterocycles. The van der Waals surface area contributed by atoms with Gasteiger partial charge < -0.3 is 20.4 Å². The quantitative estimate of drug-likeness (QED) is 0.705. The molecule has 1 aromatic carbocycles. The molecule has 2 aliphatic heterocycles. The number of halogens is 1. The molecule has 182 valence electrons. The molecule has 0 saturated heterocycles. The molecule has 1 aromatic heterocycles. The Bertz CT molecular complexity index is 1210. The number of nitrogens with one attached hydrogen (secondary N) is 2. The highest BCUT2D eigenvalue weighted by Crippen LogP contribution is 2.35. The van der Waals surface area contributed by atoms with Crippen LogP contribution in [-0.2, 0) is 22.7 Å². The summed E-state index contributed by atoms with van der Waals surface area (Å²) in [5, 5.41) is 5.76. The summed E-state index contributed by atoms with van der Waals surface area (Å²) < 4.78 is 13.4. The first-order valence-corrected chi connectivity index (χ1v) is 11.9. The number of fused-ring (bicyclic) bond motifs is 1. The molecule has 0 atom stereocenters. The first-order valence-electron chi connectivity index (χ1n) is 11.9. The predicted molar refractivity (Wildman–Crippen MR) is 128 cm³/mol. The lowest BCUT2D eigenvalue weighted by Gasteiger charge is -2.44. The Hall–Kier alpha value is -3.75. The van der Waals surface area contributed by atoms with E-state index in [0.29, 0.717) is 50.4 Å². The summed E-state index contributed by atoms with van der Waals surface area (Å²) in [6.45, 7) is 3.25. The zero-order chi connectivity index (χ0) is 24.6. The maximum absolute atomic E-state index is 13.4. The predicted octanol–water partition coefficient (Wildman–Crippen LogP) is 3.44. The molecule has 4 amide bonds. The fourth-order valence-corrected chi connectivity index (χ4v) is 5.02. The molecular formula is C26H28FN5O3. The lowest BCUT2D eigenvalue weighted by atomic mass is 9.75. The van der Waals surface area contributed by atoms with Crippen molar-refractivity contribution in [3.05, 3.63) is 65.2 Å². The molecule has 2 N–H and O–H groups in total. The average molecular weight is 478 g/mol. The Labute approximate surface area is 203 Å². The number of urea groups is 1. The Morgan fingerprint density at radius 2 is 1.86 bits per heavy atom. The zero-order valence-electron chi connectivity index (χ0n) is 19.6. The number of hydrogen-bond donors (Lipinski definition) is 2. The van der Waals surface area contributed by atoms with Gasteiger partial charge >= 0.3 is 6.03 Å². The van der Waals surface area contributed by atoms with Crippen molar-refractivity contribution >= 4 is 29.1 Å². The van der Waals surface area contributed by atoms with Crippen LogP contribution in [0.3, 0.4) is 0 Å². The summed E-state index contributed by atoms with van der Waals surface area (Å²) in [4.78, 5) is 44.7. The zero-order valence-corrected chi connectivity index (χ0v) is 19.6. The summed E-state index contributed by atoms with van der Waals surface area (Å²) in [7, 11) is 0. The number of pyridine rings is 1. The van der Waals surface area contributed by atoms with Gasteiger partial charge in [0.05, 0.1) is 18.4 Å². The highest BCUT2D eigenvalue weighted by molar-refractivity contribution is 5.92. The van der Waals surface area contributed by atoms with Gasteiger partial charge in [0.25, 0.3) is 0 Å². The molecule has 9 heteroatoms. The van der Waals surface area contributed by atoms with Crippen LogP contribution < -0.4 is 10.6 Å². The van der Waals surface area contributed by atoms with E-state index >= 15 is 0 Å². The third kappa shape index (κ3) is 4.62. The number of anilines is 1. The largest absolute Gasteiger partial charge is 0.342 e. The van der Waals surface area contributed by atoms with Crippen LogP contribution in [-0.4, -0.2) is 51.3 Å². The standard InChI is InChI=1S/C26H28FN5O3/c1-17(33)30-26(9-2-10-26)24(34)31-11-7-19(8-12-31)18-3-5-22(6-4-18)29-25(35)32-15-20-13-21(27)14-28-23(20)16-32/h3-7,13-14H,2,8-12,15-16H2,1H3,(H,29,35)(H,30,33). The van der Waals surface area contributed by atoms with Gasteiger partial charge in [-0.3, -0.25) is 14.6 Å². The van der Waals surface area contributed by atoms with E-state index in [1.807, 2.05) is 29.2 Å². The van der Waals surface area contributed by atoms with E-state index < -0.39 is 11.4 Å². The summed E-state index contributed by atoms with van der Waals surface area (Å²) >= 11 is 0. The molecule has 0 bridgehead atoms. The number of aromatic nitrogens is 1. The molecule has 35 heavy (non-hydrogen) atoms. The molecule has 1 fully saturated rings. The lowest BCUT2D eigenvalue weighted by Crippen LogP contribution is -2.63. The topological polar surface area (TPSA) is 94.6 Å². The van der Waals surface area contributed by atoms with Crippen molar-refractivity contribution in [3.63, 3.8) is 0 Å². The Morgan fingerprint density at radius 3 is 2.49 bits per heavy atom. The monoisotopic (exact) mass is 477 g/mol. The molecule has 1 aliphatic carbocycles. The first kappa shape index (κ1) is 23.0. The van der Waals surface area contributed by atoms with Gasteiger partial charge in [-0.15, -0.1) is 0 Å². The van der Waals surface area contributed by atoms with Gasteiger partial charge in [-0.2, -0.15) is 0 Å². The molecule has 5 rings (SSSR count). The maximum atomic E-state index is 13.4. The van der Waals surface area contributed by atoms with Crippen molar-refractivity contribution in [2.24, 2.45) is 0 Å². The summed E-state index contributed by atoms with van der Waals surface area (Å²) in [5.74, 6) is -0.561. The van der Waals surface area contributed by atoms with Crippen LogP contribution in [0.5, 0.6) is 0 Å². The molecule has 3 aliphatic rings. The van der Waals surface area contributed by atoms with Crippen molar-refractivity contribution in [1.29, 1.82) is 0 Å². The summed E-state index contributed by atoms with van der Waals surface area (Å²) in [6.07, 6.45) is 6.30. The van der Waals surface area contributed by atoms with Gasteiger partial charge in [0, 0.05) is 32.2 Å². The van der Waals surface area contributed by atoms with Crippen molar-refractivity contribution in [1.82, 2.24) is 20.1 Å². The molecular weight excluding hydrogens is 449 g/mol. The second-order valence-electron chi connectivity index (χ2n) is 9.47. The summed E-state index contributed by atoms with van der Waals surface area (Å²) in [5.41, 5.74) is 3.59. The number of carbonyl (C=O) groups excluding carboxylic acids is 3. The number of amides is 4. The van der Waals surface area contributed by atoms with E-state index in [9.17, 15) is 18.8 Å². The number of hydrogen-bond acceptors (Lipinski definition) is 4. The Balaban J connectivity index is 1.17. The van der Waals surface area contributed by atoms with Crippen LogP contribution in [0, 0.1) is 5.82 Å². The van der Waals surface area contributed by atoms with Crippen LogP contribution in [0.25, 0.3) is 5.57 Å². The lowest BCUT2D eigenvalue weighted by molar-refractivity contribution is -0.145. The smallest absolute Gasteiger partial charge is 0.322 e. The van der Waals surface area contributed by atoms with Gasteiger partial charge in [0.2, 0.25) is 11.8 Å². The van der Waals surface area contributed by atoms with Gasteiger partial charge in [-0.1, -0.05) is 18.2 Å². The number of rotatable bonds is 4. The first-order chi connectivity index (χ1) is 16.8. The van der Waals surface area contributed by atoms with E-state index in [-0.39, 0.29) is 17.8 Å². The van der Waals surface area contributed by atoms with Crippen molar-refractivity contribution < 1.29 is 18.8 Å². The Kier molecular flexibility index (Phi) is 6.00. The van der Waals surface area contributed by atoms with E-state index in [4.69, 9.17) is 0 Å². The van der Waals surface area contributed by atoms with Gasteiger partial charge in [-0.05, 0) is 60.6 Å². The van der Waals surface area contributed by atoms with Gasteiger partial charge in [0.1, 0.15) is 11.4 Å². The minimum atomic E-state index is -0.724. The van der Waals surface area contributed by atoms with Crippen molar-refractivity contribution in [2.45, 2.75) is 51.2 Å². The number of nitrogens with zero attached hydrogens (tertiary/aromatic N) is 3. The third-order valence-electron chi connectivity index (χ3n) is 7.05. The van der Waals surface area contributed by atoms with Crippen LogP contribution >= 0.6 is 0 Å². The molecule has 0 unspecified atom stereocenters. The van der Waals surface area contributed by atoms with E-state index in [1.165, 1.54) is 19.2 Å². The normalized spacial score (nSPS) is 18.3. The molecule has 0 spiro atoms. The second-order valence-corrected chi connectivity index (χ2v) is 9.47. The maximum Gasteiger partial charge on any atom is 0.322 e. The molecule has 1 saturated carbocycles. The fourth-order valence-electron chi connectivity index (χ4n) is 5.02. The van der Waals surface area contributed by atoms with Crippen molar-refractivity contribution in [2.75, 3.05) is 18.4 Å². The van der Waals surface area contributed by atoms with Crippen LogP contribution in [0.1, 0.15) is 49.4 Å². The summed E-state index contributed by atoms with van der Waals surface area (Å²) in [6, 6.07) is 8.78. The molecule has 0 radical (unpaired) electrons. The molecule has 8 nitrogen and oxygen atoms in total. The van der Waals surface area contributed by atoms with Crippen molar-refractivity contribution in [3.8, 4) is 0 Å². The van der Waals surface area contributed by atoms with Crippen LogP contribution in [0.4, 0.5) is 14.9 Å². The highest BCUT2D eigenvalue weighted by atomic mass is 19.1. The van der Waals surface area contributed by atoms with E-state index in [0.717, 1.165) is 29.5 Å². The van der Waals surface area contributed by atoms with Crippen LogP contribution in [0.2, 0.25) is 0 Å². The Morgan fingerprint density at radius 1 is 1.09 bits per heavy atom. The molecule has 2 aromatic rings.